The van der Waals surface area contributed by atoms with Crippen LogP contribution in [0.1, 0.15) is 46.6 Å². The smallest absolute Gasteiger partial charge is 0.251 e. The summed E-state index contributed by atoms with van der Waals surface area (Å²) in [6.07, 6.45) is 2.57. The van der Waals surface area contributed by atoms with Crippen molar-refractivity contribution in [2.75, 3.05) is 6.54 Å². The first-order chi connectivity index (χ1) is 11.0. The van der Waals surface area contributed by atoms with Crippen LogP contribution in [0.3, 0.4) is 0 Å². The summed E-state index contributed by atoms with van der Waals surface area (Å²) in [6, 6.07) is 9.60. The van der Waals surface area contributed by atoms with Gasteiger partial charge in [-0.15, -0.1) is 0 Å². The number of carbonyl (C=O) groups is 1. The Labute approximate surface area is 136 Å². The predicted molar refractivity (Wildman–Crippen MR) is 88.4 cm³/mol. The third-order valence-electron chi connectivity index (χ3n) is 4.49. The van der Waals surface area contributed by atoms with Gasteiger partial charge in [-0.1, -0.05) is 12.1 Å². The number of aryl methyl sites for hydroxylation is 2. The van der Waals surface area contributed by atoms with Gasteiger partial charge in [-0.2, -0.15) is 5.10 Å². The van der Waals surface area contributed by atoms with E-state index in [9.17, 15) is 9.90 Å². The molecule has 122 valence electrons. The summed E-state index contributed by atoms with van der Waals surface area (Å²) in [5, 5.41) is 17.3. The molecule has 5 heteroatoms. The lowest BCUT2D eigenvalue weighted by atomic mass is 9.80. The minimum absolute atomic E-state index is 0.138. The molecule has 0 aliphatic heterocycles. The molecule has 1 fully saturated rings. The number of nitrogens with zero attached hydrogens (tertiary/aromatic N) is 2. The van der Waals surface area contributed by atoms with Crippen LogP contribution in [0.15, 0.2) is 30.3 Å². The van der Waals surface area contributed by atoms with Crippen LogP contribution in [-0.2, 0) is 6.54 Å². The number of aliphatic hydroxyl groups is 1. The average Bonchev–Trinajstić information content (AvgIpc) is 2.81. The van der Waals surface area contributed by atoms with Gasteiger partial charge in [0.2, 0.25) is 0 Å². The first-order valence-electron chi connectivity index (χ1n) is 8.06. The first-order valence-corrected chi connectivity index (χ1v) is 8.06. The number of carbonyl (C=O) groups excluding carboxylic acids is 1. The van der Waals surface area contributed by atoms with Crippen LogP contribution in [0.2, 0.25) is 0 Å². The lowest BCUT2D eigenvalue weighted by molar-refractivity contribution is -0.0300. The van der Waals surface area contributed by atoms with Crippen molar-refractivity contribution in [2.24, 2.45) is 0 Å². The number of aromatic nitrogens is 2. The first kappa shape index (κ1) is 15.7. The molecule has 3 rings (SSSR count). The maximum absolute atomic E-state index is 12.3. The molecule has 1 heterocycles. The summed E-state index contributed by atoms with van der Waals surface area (Å²) in [4.78, 5) is 12.3. The largest absolute Gasteiger partial charge is 0.388 e. The van der Waals surface area contributed by atoms with Crippen molar-refractivity contribution in [1.82, 2.24) is 15.1 Å². The number of benzene rings is 1. The van der Waals surface area contributed by atoms with E-state index in [1.54, 1.807) is 6.07 Å². The van der Waals surface area contributed by atoms with E-state index in [1.165, 1.54) is 0 Å². The van der Waals surface area contributed by atoms with Crippen molar-refractivity contribution in [3.05, 3.63) is 52.8 Å². The summed E-state index contributed by atoms with van der Waals surface area (Å²) >= 11 is 0. The third-order valence-corrected chi connectivity index (χ3v) is 4.49. The van der Waals surface area contributed by atoms with Gasteiger partial charge in [0, 0.05) is 17.8 Å². The second-order valence-electron chi connectivity index (χ2n) is 6.55. The molecule has 1 aromatic heterocycles. The second-order valence-corrected chi connectivity index (χ2v) is 6.55. The molecule has 0 unspecified atom stereocenters. The Morgan fingerprint density at radius 2 is 2.13 bits per heavy atom. The monoisotopic (exact) mass is 313 g/mol. The van der Waals surface area contributed by atoms with Crippen LogP contribution < -0.4 is 5.32 Å². The summed E-state index contributed by atoms with van der Waals surface area (Å²) in [7, 11) is 0. The van der Waals surface area contributed by atoms with Gasteiger partial charge in [-0.25, -0.2) is 0 Å². The predicted octanol–water partition coefficient (Wildman–Crippen LogP) is 2.19. The number of nitrogens with one attached hydrogen (secondary N) is 1. The minimum Gasteiger partial charge on any atom is -0.388 e. The molecule has 1 aromatic carbocycles. The van der Waals surface area contributed by atoms with Gasteiger partial charge in [0.15, 0.2) is 0 Å². The molecule has 1 aliphatic rings. The van der Waals surface area contributed by atoms with Gasteiger partial charge in [-0.05, 0) is 56.9 Å². The van der Waals surface area contributed by atoms with E-state index in [2.05, 4.69) is 10.4 Å². The van der Waals surface area contributed by atoms with Crippen LogP contribution in [0.25, 0.3) is 0 Å². The Morgan fingerprint density at radius 1 is 1.35 bits per heavy atom. The maximum atomic E-state index is 12.3. The quantitative estimate of drug-likeness (QED) is 0.889. The van der Waals surface area contributed by atoms with E-state index < -0.39 is 5.60 Å². The molecular weight excluding hydrogens is 290 g/mol. The molecule has 0 atom stereocenters. The van der Waals surface area contributed by atoms with Crippen molar-refractivity contribution in [3.63, 3.8) is 0 Å². The molecular formula is C18H23N3O2. The van der Waals surface area contributed by atoms with Crippen molar-refractivity contribution in [2.45, 2.75) is 45.3 Å². The summed E-state index contributed by atoms with van der Waals surface area (Å²) in [5.74, 6) is -0.138. The van der Waals surface area contributed by atoms with Crippen LogP contribution in [-0.4, -0.2) is 32.9 Å². The average molecular weight is 313 g/mol. The SMILES string of the molecule is Cc1cc(C)n(Cc2cccc(C(=O)NCC3(O)CCC3)c2)n1. The van der Waals surface area contributed by atoms with E-state index in [0.717, 1.165) is 36.2 Å². The van der Waals surface area contributed by atoms with Gasteiger partial charge in [0.1, 0.15) is 0 Å². The fraction of sp³-hybridized carbons (Fsp3) is 0.444. The summed E-state index contributed by atoms with van der Waals surface area (Å²) in [5.41, 5.74) is 3.05. The van der Waals surface area contributed by atoms with Crippen LogP contribution in [0.4, 0.5) is 0 Å². The molecule has 1 aliphatic carbocycles. The van der Waals surface area contributed by atoms with Gasteiger partial charge < -0.3 is 10.4 Å². The van der Waals surface area contributed by atoms with Crippen LogP contribution in [0.5, 0.6) is 0 Å². The van der Waals surface area contributed by atoms with Gasteiger partial charge in [0.05, 0.1) is 17.8 Å². The lowest BCUT2D eigenvalue weighted by Gasteiger charge is -2.36. The van der Waals surface area contributed by atoms with Crippen molar-refractivity contribution >= 4 is 5.91 Å². The highest BCUT2D eigenvalue weighted by molar-refractivity contribution is 5.94. The molecule has 5 nitrogen and oxygen atoms in total. The fourth-order valence-corrected chi connectivity index (χ4v) is 2.93. The molecule has 2 aromatic rings. The molecule has 23 heavy (non-hydrogen) atoms. The topological polar surface area (TPSA) is 67.2 Å². The van der Waals surface area contributed by atoms with Crippen molar-refractivity contribution < 1.29 is 9.90 Å². The second kappa shape index (κ2) is 6.16. The highest BCUT2D eigenvalue weighted by Crippen LogP contribution is 2.30. The normalized spacial score (nSPS) is 16.0. The Bertz CT molecular complexity index is 717. The molecule has 1 saturated carbocycles. The zero-order valence-corrected chi connectivity index (χ0v) is 13.7. The zero-order valence-electron chi connectivity index (χ0n) is 13.7. The van der Waals surface area contributed by atoms with Crippen molar-refractivity contribution in [1.29, 1.82) is 0 Å². The standard InChI is InChI=1S/C18H23N3O2/c1-13-9-14(2)21(20-13)11-15-5-3-6-16(10-15)17(22)19-12-18(23)7-4-8-18/h3,5-6,9-10,23H,4,7-8,11-12H2,1-2H3,(H,19,22). The Kier molecular flexibility index (Phi) is 4.22. The number of hydrogen-bond donors (Lipinski definition) is 2. The summed E-state index contributed by atoms with van der Waals surface area (Å²) < 4.78 is 1.93. The highest BCUT2D eigenvalue weighted by atomic mass is 16.3. The molecule has 0 spiro atoms. The summed E-state index contributed by atoms with van der Waals surface area (Å²) in [6.45, 7) is 4.96. The van der Waals surface area contributed by atoms with Gasteiger partial charge >= 0.3 is 0 Å². The Hall–Kier alpha value is -2.14. The zero-order chi connectivity index (χ0) is 16.4. The van der Waals surface area contributed by atoms with Crippen molar-refractivity contribution in [3.8, 4) is 0 Å². The lowest BCUT2D eigenvalue weighted by Crippen LogP contribution is -2.47. The Morgan fingerprint density at radius 3 is 2.74 bits per heavy atom. The van der Waals surface area contributed by atoms with E-state index in [1.807, 2.05) is 42.8 Å². The number of rotatable bonds is 5. The third kappa shape index (κ3) is 3.62. The van der Waals surface area contributed by atoms with Crippen LogP contribution >= 0.6 is 0 Å². The maximum Gasteiger partial charge on any atom is 0.251 e. The van der Waals surface area contributed by atoms with E-state index in [0.29, 0.717) is 18.7 Å². The van der Waals surface area contributed by atoms with Gasteiger partial charge in [0.25, 0.3) is 5.91 Å². The molecule has 0 bridgehead atoms. The highest BCUT2D eigenvalue weighted by Gasteiger charge is 2.34. The van der Waals surface area contributed by atoms with E-state index in [-0.39, 0.29) is 5.91 Å². The van der Waals surface area contributed by atoms with E-state index in [4.69, 9.17) is 0 Å². The van der Waals surface area contributed by atoms with E-state index >= 15 is 0 Å². The number of amides is 1. The number of hydrogen-bond acceptors (Lipinski definition) is 3. The molecule has 1 amide bonds. The fourth-order valence-electron chi connectivity index (χ4n) is 2.93. The molecule has 0 radical (unpaired) electrons. The van der Waals surface area contributed by atoms with Gasteiger partial charge in [-0.3, -0.25) is 9.48 Å². The minimum atomic E-state index is -0.697. The van der Waals surface area contributed by atoms with Crippen LogP contribution in [0, 0.1) is 13.8 Å². The molecule has 0 saturated heterocycles. The Balaban J connectivity index is 1.66. The molecule has 2 N–H and O–H groups in total.